The van der Waals surface area contributed by atoms with E-state index in [0.717, 1.165) is 39.6 Å². The molecule has 0 bridgehead atoms. The third-order valence-electron chi connectivity index (χ3n) is 7.82. The summed E-state index contributed by atoms with van der Waals surface area (Å²) >= 11 is 0. The Kier molecular flexibility index (Phi) is 7.01. The Morgan fingerprint density at radius 1 is 0.956 bits per heavy atom. The number of esters is 1. The quantitative estimate of drug-likeness (QED) is 0.205. The lowest BCUT2D eigenvalue weighted by molar-refractivity contribution is 0.0526. The van der Waals surface area contributed by atoms with Crippen molar-refractivity contribution in [3.8, 4) is 17.2 Å². The van der Waals surface area contributed by atoms with Gasteiger partial charge in [0.15, 0.2) is 29.0 Å². The predicted molar refractivity (Wildman–Crippen MR) is 174 cm³/mol. The summed E-state index contributed by atoms with van der Waals surface area (Å²) < 4.78 is 12.5. The number of fused-ring (bicyclic) bond motifs is 4. The molecule has 0 radical (unpaired) electrons. The fraction of sp³-hybridized carbons (Fsp3) is 0.143. The van der Waals surface area contributed by atoms with Crippen molar-refractivity contribution in [2.45, 2.75) is 19.9 Å². The number of carbonyl (C=O) groups is 1. The lowest BCUT2D eigenvalue weighted by Gasteiger charge is -2.40. The van der Waals surface area contributed by atoms with Crippen LogP contribution < -0.4 is 15.0 Å². The van der Waals surface area contributed by atoms with Gasteiger partial charge in [0.2, 0.25) is 0 Å². The highest BCUT2D eigenvalue weighted by Crippen LogP contribution is 2.49. The molecule has 4 aromatic carbocycles. The number of ether oxygens (including phenoxy) is 2. The summed E-state index contributed by atoms with van der Waals surface area (Å²) in [7, 11) is 1.54. The predicted octanol–water partition coefficient (Wildman–Crippen LogP) is 6.87. The third-order valence-corrected chi connectivity index (χ3v) is 7.82. The summed E-state index contributed by atoms with van der Waals surface area (Å²) in [6.45, 7) is 4.07. The lowest BCUT2D eigenvalue weighted by atomic mass is 9.93. The number of hydrogen-bond acceptors (Lipinski definition) is 9. The average Bonchev–Trinajstić information content (AvgIpc) is 3.40. The zero-order valence-corrected chi connectivity index (χ0v) is 24.9. The van der Waals surface area contributed by atoms with Crippen LogP contribution in [0.4, 0.5) is 22.9 Å². The first-order valence-electron chi connectivity index (χ1n) is 14.6. The highest BCUT2D eigenvalue weighted by atomic mass is 16.5. The van der Waals surface area contributed by atoms with Gasteiger partial charge in [-0.05, 0) is 80.1 Å². The van der Waals surface area contributed by atoms with Crippen molar-refractivity contribution < 1.29 is 19.4 Å². The van der Waals surface area contributed by atoms with E-state index in [9.17, 15) is 9.90 Å². The summed E-state index contributed by atoms with van der Waals surface area (Å²) in [5.41, 5.74) is 6.31. The molecule has 5 aromatic rings. The zero-order chi connectivity index (χ0) is 31.1. The first-order chi connectivity index (χ1) is 22.0. The molecule has 224 valence electrons. The van der Waals surface area contributed by atoms with Crippen LogP contribution in [0.25, 0.3) is 5.69 Å². The molecule has 0 amide bonds. The zero-order valence-electron chi connectivity index (χ0n) is 24.9. The summed E-state index contributed by atoms with van der Waals surface area (Å²) in [6, 6.07) is 29.8. The van der Waals surface area contributed by atoms with E-state index in [1.54, 1.807) is 25.1 Å². The molecule has 0 fully saturated rings. The Labute approximate surface area is 259 Å². The Bertz CT molecular complexity index is 1980. The SMILES string of the molecule is CCOC(=O)c1ccc(NC2=Nc3ccccc3N3C2=Nc2c(c(C)nn2-c2ccccc2)[C@@H]3c2ccc(O)c(OC)c2)cc1. The van der Waals surface area contributed by atoms with Gasteiger partial charge >= 0.3 is 5.97 Å². The highest BCUT2D eigenvalue weighted by Gasteiger charge is 2.41. The Hall–Kier alpha value is -5.90. The first-order valence-corrected chi connectivity index (χ1v) is 14.6. The minimum absolute atomic E-state index is 0.0529. The molecule has 2 N–H and O–H groups in total. The molecule has 0 aliphatic carbocycles. The van der Waals surface area contributed by atoms with E-state index < -0.39 is 0 Å². The van der Waals surface area contributed by atoms with Crippen molar-refractivity contribution in [2.75, 3.05) is 23.9 Å². The maximum absolute atomic E-state index is 12.3. The number of nitrogens with one attached hydrogen (secondary N) is 1. The number of anilines is 2. The van der Waals surface area contributed by atoms with Gasteiger partial charge in [-0.1, -0.05) is 36.4 Å². The number of hydrogen-bond donors (Lipinski definition) is 2. The molecule has 10 heteroatoms. The molecule has 2 aliphatic rings. The lowest BCUT2D eigenvalue weighted by Crippen LogP contribution is -2.46. The number of nitrogens with zero attached hydrogens (tertiary/aromatic N) is 5. The second-order valence-electron chi connectivity index (χ2n) is 10.6. The van der Waals surface area contributed by atoms with E-state index in [2.05, 4.69) is 10.2 Å². The van der Waals surface area contributed by atoms with Gasteiger partial charge < -0.3 is 24.8 Å². The number of amidine groups is 2. The van der Waals surface area contributed by atoms with Crippen LogP contribution in [0.15, 0.2) is 107 Å². The van der Waals surface area contributed by atoms with Gasteiger partial charge in [0, 0.05) is 11.3 Å². The highest BCUT2D eigenvalue weighted by molar-refractivity contribution is 6.51. The van der Waals surface area contributed by atoms with E-state index in [-0.39, 0.29) is 17.8 Å². The summed E-state index contributed by atoms with van der Waals surface area (Å²) in [4.78, 5) is 24.7. The van der Waals surface area contributed by atoms with Crippen molar-refractivity contribution in [2.24, 2.45) is 9.98 Å². The molecule has 0 saturated carbocycles. The summed E-state index contributed by atoms with van der Waals surface area (Å²) in [6.07, 6.45) is 0. The molecule has 2 aliphatic heterocycles. The fourth-order valence-corrected chi connectivity index (χ4v) is 5.77. The molecular formula is C35H30N6O4. The number of aryl methyl sites for hydroxylation is 1. The first kappa shape index (κ1) is 27.9. The molecule has 0 spiro atoms. The van der Waals surface area contributed by atoms with Crippen LogP contribution in [0.1, 0.15) is 40.1 Å². The standard InChI is InChI=1S/C35H30N6O4/c1-4-45-35(43)22-14-17-24(18-15-22)36-32-34-38-33-30(21(2)39-41(33)25-10-6-5-7-11-25)31(23-16-19-28(42)29(20-23)44-3)40(34)27-13-9-8-12-26(27)37-32/h5-20,31,42H,4H2,1-3H3,(H,36,37)/t31-/m0/s1. The largest absolute Gasteiger partial charge is 0.504 e. The smallest absolute Gasteiger partial charge is 0.338 e. The number of aromatic hydroxyl groups is 1. The number of aliphatic imine (C=N–C) groups is 2. The number of benzene rings is 4. The Morgan fingerprint density at radius 2 is 1.71 bits per heavy atom. The van der Waals surface area contributed by atoms with Crippen LogP contribution >= 0.6 is 0 Å². The van der Waals surface area contributed by atoms with Crippen molar-refractivity contribution >= 4 is 40.5 Å². The van der Waals surface area contributed by atoms with Gasteiger partial charge in [0.05, 0.1) is 48.1 Å². The van der Waals surface area contributed by atoms with E-state index in [4.69, 9.17) is 24.6 Å². The number of phenols is 1. The molecule has 0 saturated heterocycles. The Morgan fingerprint density at radius 3 is 2.47 bits per heavy atom. The number of phenolic OH excluding ortho intramolecular Hbond substituents is 1. The number of methoxy groups -OCH3 is 1. The van der Waals surface area contributed by atoms with Gasteiger partial charge in [0.1, 0.15) is 0 Å². The van der Waals surface area contributed by atoms with Crippen molar-refractivity contribution in [3.05, 3.63) is 119 Å². The summed E-state index contributed by atoms with van der Waals surface area (Å²) in [5, 5.41) is 18.9. The molecule has 1 aromatic heterocycles. The molecular weight excluding hydrogens is 568 g/mol. The topological polar surface area (TPSA) is 114 Å². The number of carbonyl (C=O) groups excluding carboxylic acids is 1. The van der Waals surface area contributed by atoms with Crippen molar-refractivity contribution in [1.82, 2.24) is 9.78 Å². The third kappa shape index (κ3) is 4.86. The van der Waals surface area contributed by atoms with Gasteiger partial charge in [-0.15, -0.1) is 0 Å². The summed E-state index contributed by atoms with van der Waals surface area (Å²) in [5.74, 6) is 1.83. The van der Waals surface area contributed by atoms with Gasteiger partial charge in [-0.2, -0.15) is 5.10 Å². The fourth-order valence-electron chi connectivity index (χ4n) is 5.77. The number of para-hydroxylation sites is 3. The van der Waals surface area contributed by atoms with Crippen LogP contribution in [0, 0.1) is 6.92 Å². The van der Waals surface area contributed by atoms with Crippen molar-refractivity contribution in [1.29, 1.82) is 0 Å². The normalized spacial score (nSPS) is 14.8. The van der Waals surface area contributed by atoms with E-state index >= 15 is 0 Å². The van der Waals surface area contributed by atoms with Crippen LogP contribution in [0.5, 0.6) is 11.5 Å². The number of rotatable bonds is 6. The van der Waals surface area contributed by atoms with Gasteiger partial charge in [0.25, 0.3) is 0 Å². The molecule has 1 atom stereocenters. The average molecular weight is 599 g/mol. The number of aromatic nitrogens is 2. The molecule has 0 unspecified atom stereocenters. The second-order valence-corrected chi connectivity index (χ2v) is 10.6. The van der Waals surface area contributed by atoms with E-state index in [1.807, 2.05) is 90.5 Å². The molecule has 45 heavy (non-hydrogen) atoms. The maximum atomic E-state index is 12.3. The monoisotopic (exact) mass is 598 g/mol. The van der Waals surface area contributed by atoms with Gasteiger partial charge in [-0.25, -0.2) is 19.5 Å². The molecule has 3 heterocycles. The maximum Gasteiger partial charge on any atom is 0.338 e. The Balaban J connectivity index is 1.43. The molecule has 7 rings (SSSR count). The van der Waals surface area contributed by atoms with Crippen LogP contribution in [-0.2, 0) is 4.74 Å². The van der Waals surface area contributed by atoms with Crippen LogP contribution in [-0.4, -0.2) is 46.2 Å². The van der Waals surface area contributed by atoms with Gasteiger partial charge in [-0.3, -0.25) is 0 Å². The second kappa shape index (κ2) is 11.3. The minimum Gasteiger partial charge on any atom is -0.504 e. The van der Waals surface area contributed by atoms with Crippen molar-refractivity contribution in [3.63, 3.8) is 0 Å². The van der Waals surface area contributed by atoms with Crippen LogP contribution in [0.2, 0.25) is 0 Å². The molecule has 10 nitrogen and oxygen atoms in total. The van der Waals surface area contributed by atoms with Crippen LogP contribution in [0.3, 0.4) is 0 Å². The van der Waals surface area contributed by atoms with E-state index in [0.29, 0.717) is 35.4 Å². The minimum atomic E-state index is -0.390. The van der Waals surface area contributed by atoms with E-state index in [1.165, 1.54) is 7.11 Å².